The molecule has 0 saturated heterocycles. The molecule has 1 aliphatic rings. The van der Waals surface area contributed by atoms with Crippen LogP contribution in [0.2, 0.25) is 0 Å². The minimum Gasteiger partial charge on any atom is -0.457 e. The van der Waals surface area contributed by atoms with Crippen molar-refractivity contribution >= 4 is 39.4 Å². The van der Waals surface area contributed by atoms with Crippen LogP contribution in [-0.2, 0) is 15.9 Å². The van der Waals surface area contributed by atoms with E-state index in [4.69, 9.17) is 9.47 Å². The minimum absolute atomic E-state index is 0.130. The molecular weight excluding hydrogens is 521 g/mol. The van der Waals surface area contributed by atoms with Crippen LogP contribution in [0.1, 0.15) is 48.8 Å². The number of alkyl halides is 3. The number of benzene rings is 1. The molecule has 3 atom stereocenters. The van der Waals surface area contributed by atoms with Gasteiger partial charge in [-0.15, -0.1) is 11.3 Å². The molecule has 1 N–H and O–H groups in total. The lowest BCUT2D eigenvalue weighted by molar-refractivity contribution is -0.126. The molecule has 8 nitrogen and oxygen atoms in total. The topological polar surface area (TPSA) is 93.7 Å². The van der Waals surface area contributed by atoms with Crippen LogP contribution in [0.3, 0.4) is 0 Å². The van der Waals surface area contributed by atoms with Gasteiger partial charge in [0.2, 0.25) is 0 Å². The quantitative estimate of drug-likeness (QED) is 0.405. The van der Waals surface area contributed by atoms with Crippen LogP contribution in [0.4, 0.5) is 23.8 Å². The van der Waals surface area contributed by atoms with Gasteiger partial charge in [0, 0.05) is 24.4 Å². The Morgan fingerprint density at radius 1 is 1.13 bits per heavy atom. The molecule has 12 heteroatoms. The predicted octanol–water partition coefficient (Wildman–Crippen LogP) is 5.51. The summed E-state index contributed by atoms with van der Waals surface area (Å²) < 4.78 is 50.3. The highest BCUT2D eigenvalue weighted by Crippen LogP contribution is 2.37. The number of hydrogen-bond acceptors (Lipinski definition) is 8. The smallest absolute Gasteiger partial charge is 0.407 e. The van der Waals surface area contributed by atoms with Gasteiger partial charge in [-0.1, -0.05) is 18.2 Å². The number of nitrogens with zero attached hydrogens (tertiary/aromatic N) is 3. The number of ether oxygens (including phenoxy) is 2. The molecule has 0 radical (unpaired) electrons. The first-order valence-corrected chi connectivity index (χ1v) is 12.9. The second-order valence-electron chi connectivity index (χ2n) is 10.2. The normalized spacial score (nSPS) is 19.8. The van der Waals surface area contributed by atoms with E-state index in [9.17, 15) is 22.8 Å². The van der Waals surface area contributed by atoms with Gasteiger partial charge in [-0.05, 0) is 45.4 Å². The maximum Gasteiger partial charge on any atom is 0.407 e. The minimum atomic E-state index is -4.34. The Bertz CT molecular complexity index is 1290. The summed E-state index contributed by atoms with van der Waals surface area (Å²) in [5.41, 5.74) is -0.297. The third-order valence-electron chi connectivity index (χ3n) is 6.03. The number of likely N-dealkylation sites (N-methyl/N-ethyl adjacent to an activating group) is 1. The van der Waals surface area contributed by atoms with Crippen LogP contribution < -0.4 is 10.2 Å². The second kappa shape index (κ2) is 10.8. The van der Waals surface area contributed by atoms with Crippen molar-refractivity contribution in [1.29, 1.82) is 0 Å². The maximum atomic E-state index is 13.0. The number of carbonyl (C=O) groups is 2. The van der Waals surface area contributed by atoms with E-state index >= 15 is 0 Å². The van der Waals surface area contributed by atoms with E-state index in [2.05, 4.69) is 15.3 Å². The van der Waals surface area contributed by atoms with E-state index in [1.807, 2.05) is 0 Å². The van der Waals surface area contributed by atoms with E-state index in [1.165, 1.54) is 12.4 Å². The number of hydrogen-bond donors (Lipinski definition) is 1. The van der Waals surface area contributed by atoms with Gasteiger partial charge in [-0.25, -0.2) is 19.6 Å². The summed E-state index contributed by atoms with van der Waals surface area (Å²) in [6.07, 6.45) is -4.59. The number of thiophene rings is 1. The lowest BCUT2D eigenvalue weighted by Gasteiger charge is -2.30. The van der Waals surface area contributed by atoms with E-state index in [1.54, 1.807) is 63.1 Å². The number of nitrogens with one attached hydrogen (secondary N) is 1. The Kier molecular flexibility index (Phi) is 7.82. The van der Waals surface area contributed by atoms with Crippen LogP contribution in [-0.4, -0.2) is 59.0 Å². The summed E-state index contributed by atoms with van der Waals surface area (Å²) in [4.78, 5) is 36.2. The fraction of sp³-hybridized carbons (Fsp3) is 0.462. The number of halogens is 3. The lowest BCUT2D eigenvalue weighted by atomic mass is 10.1. The number of esters is 1. The predicted molar refractivity (Wildman–Crippen MR) is 137 cm³/mol. The Hall–Kier alpha value is -3.41. The highest BCUT2D eigenvalue weighted by molar-refractivity contribution is 7.18. The zero-order valence-corrected chi connectivity index (χ0v) is 22.2. The number of amides is 1. The molecule has 1 fully saturated rings. The third-order valence-corrected chi connectivity index (χ3v) is 7.07. The molecule has 0 bridgehead atoms. The van der Waals surface area contributed by atoms with Crippen molar-refractivity contribution in [1.82, 2.24) is 15.3 Å². The molecule has 2 heterocycles. The van der Waals surface area contributed by atoms with Crippen molar-refractivity contribution in [3.8, 4) is 0 Å². The molecule has 0 aliphatic heterocycles. The number of rotatable bonds is 6. The summed E-state index contributed by atoms with van der Waals surface area (Å²) in [5.74, 6) is -0.0916. The van der Waals surface area contributed by atoms with Gasteiger partial charge in [0.05, 0.1) is 23.4 Å². The average molecular weight is 551 g/mol. The molecule has 3 aromatic rings. The van der Waals surface area contributed by atoms with Crippen LogP contribution in [0.25, 0.3) is 10.2 Å². The van der Waals surface area contributed by atoms with Gasteiger partial charge in [0.25, 0.3) is 0 Å². The van der Waals surface area contributed by atoms with Gasteiger partial charge in [-0.3, -0.25) is 0 Å². The van der Waals surface area contributed by atoms with Crippen molar-refractivity contribution in [2.24, 2.45) is 0 Å². The standard InChI is InChI=1S/C26H29F3N4O4S/c1-25(2,3)37-24(35)32-16-10-19(20(11-16)36-23(34)15-8-6-5-7-9-15)33(4)21-18-12-17(13-26(27,28)29)38-22(18)31-14-30-21/h5-9,12,14,16,19-20H,10-11,13H2,1-4H3,(H,32,35)/t16-,19+,20-/m1/s1. The Morgan fingerprint density at radius 2 is 1.84 bits per heavy atom. The van der Waals surface area contributed by atoms with Crippen LogP contribution in [0.5, 0.6) is 0 Å². The van der Waals surface area contributed by atoms with Crippen LogP contribution in [0, 0.1) is 0 Å². The largest absolute Gasteiger partial charge is 0.457 e. The van der Waals surface area contributed by atoms with E-state index in [-0.39, 0.29) is 10.9 Å². The van der Waals surface area contributed by atoms with Crippen molar-refractivity contribution in [2.45, 2.75) is 70.0 Å². The Balaban J connectivity index is 1.60. The fourth-order valence-electron chi connectivity index (χ4n) is 4.50. The maximum absolute atomic E-state index is 13.0. The molecule has 0 unspecified atom stereocenters. The van der Waals surface area contributed by atoms with E-state index < -0.39 is 42.4 Å². The number of fused-ring (bicyclic) bond motifs is 1. The number of anilines is 1. The zero-order valence-electron chi connectivity index (χ0n) is 21.4. The van der Waals surface area contributed by atoms with Gasteiger partial charge < -0.3 is 19.7 Å². The number of carbonyl (C=O) groups excluding carboxylic acids is 2. The van der Waals surface area contributed by atoms with Crippen LogP contribution >= 0.6 is 11.3 Å². The van der Waals surface area contributed by atoms with Gasteiger partial charge in [0.15, 0.2) is 0 Å². The SMILES string of the molecule is CN(c1ncnc2sc(CC(F)(F)F)cc12)[C@H]1C[C@@H](NC(=O)OC(C)(C)C)C[C@H]1OC(=O)c1ccccc1. The summed E-state index contributed by atoms with van der Waals surface area (Å²) in [6, 6.07) is 9.21. The highest BCUT2D eigenvalue weighted by atomic mass is 32.1. The van der Waals surface area contributed by atoms with Gasteiger partial charge in [0.1, 0.15) is 28.7 Å². The lowest BCUT2D eigenvalue weighted by Crippen LogP contribution is -2.41. The summed E-state index contributed by atoms with van der Waals surface area (Å²) >= 11 is 0.965. The molecule has 1 aliphatic carbocycles. The molecule has 0 spiro atoms. The van der Waals surface area contributed by atoms with E-state index in [0.717, 1.165) is 11.3 Å². The molecule has 1 saturated carbocycles. The molecule has 1 amide bonds. The summed E-state index contributed by atoms with van der Waals surface area (Å²) in [6.45, 7) is 5.28. The molecular formula is C26H29F3N4O4S. The first-order valence-electron chi connectivity index (χ1n) is 12.1. The first kappa shape index (κ1) is 27.6. The van der Waals surface area contributed by atoms with Crippen molar-refractivity contribution in [2.75, 3.05) is 11.9 Å². The van der Waals surface area contributed by atoms with Crippen molar-refractivity contribution < 1.29 is 32.2 Å². The highest BCUT2D eigenvalue weighted by Gasteiger charge is 2.41. The molecule has 1 aromatic carbocycles. The van der Waals surface area contributed by atoms with Gasteiger partial charge in [-0.2, -0.15) is 13.2 Å². The third kappa shape index (κ3) is 6.91. The Morgan fingerprint density at radius 3 is 2.50 bits per heavy atom. The number of aromatic nitrogens is 2. The average Bonchev–Trinajstić information content (AvgIpc) is 3.39. The summed E-state index contributed by atoms with van der Waals surface area (Å²) in [7, 11) is 1.74. The van der Waals surface area contributed by atoms with Crippen molar-refractivity contribution in [3.05, 3.63) is 53.2 Å². The first-order chi connectivity index (χ1) is 17.8. The van der Waals surface area contributed by atoms with Crippen molar-refractivity contribution in [3.63, 3.8) is 0 Å². The Labute approximate surface area is 222 Å². The van der Waals surface area contributed by atoms with E-state index in [0.29, 0.717) is 34.4 Å². The van der Waals surface area contributed by atoms with Gasteiger partial charge >= 0.3 is 18.2 Å². The fourth-order valence-corrected chi connectivity index (χ4v) is 5.52. The monoisotopic (exact) mass is 550 g/mol. The molecule has 204 valence electrons. The molecule has 2 aromatic heterocycles. The second-order valence-corrected chi connectivity index (χ2v) is 11.3. The molecule has 4 rings (SSSR count). The zero-order chi connectivity index (χ0) is 27.7. The molecule has 38 heavy (non-hydrogen) atoms. The number of alkyl carbamates (subject to hydrolysis) is 1. The summed E-state index contributed by atoms with van der Waals surface area (Å²) in [5, 5.41) is 3.33. The van der Waals surface area contributed by atoms with Crippen LogP contribution in [0.15, 0.2) is 42.7 Å².